The van der Waals surface area contributed by atoms with Gasteiger partial charge in [0.25, 0.3) is 0 Å². The summed E-state index contributed by atoms with van der Waals surface area (Å²) < 4.78 is 0. The Balaban J connectivity index is 0.00000121. The molecule has 3 nitrogen and oxygen atoms in total. The summed E-state index contributed by atoms with van der Waals surface area (Å²) in [5.74, 6) is -0.976. The van der Waals surface area contributed by atoms with Crippen LogP contribution in [0.1, 0.15) is 5.56 Å². The molecule has 12 heavy (non-hydrogen) atoms. The van der Waals surface area contributed by atoms with Crippen LogP contribution in [-0.4, -0.2) is 11.1 Å². The Kier molecular flexibility index (Phi) is 3.73. The van der Waals surface area contributed by atoms with Crippen LogP contribution in [0.25, 0.3) is 5.57 Å². The van der Waals surface area contributed by atoms with E-state index in [-0.39, 0.29) is 11.7 Å². The van der Waals surface area contributed by atoms with Crippen molar-refractivity contribution in [3.8, 4) is 0 Å². The van der Waals surface area contributed by atoms with Crippen LogP contribution in [-0.2, 0) is 4.79 Å². The number of rotatable bonds is 2. The van der Waals surface area contributed by atoms with Crippen molar-refractivity contribution in [3.05, 3.63) is 42.5 Å². The van der Waals surface area contributed by atoms with Crippen molar-refractivity contribution < 1.29 is 9.90 Å². The van der Waals surface area contributed by atoms with Gasteiger partial charge in [-0.3, -0.25) is 0 Å². The van der Waals surface area contributed by atoms with Crippen LogP contribution in [0.2, 0.25) is 0 Å². The van der Waals surface area contributed by atoms with Gasteiger partial charge in [0.2, 0.25) is 0 Å². The molecule has 4 N–H and O–H groups in total. The van der Waals surface area contributed by atoms with Crippen molar-refractivity contribution in [1.82, 2.24) is 6.15 Å². The second-order valence-corrected chi connectivity index (χ2v) is 2.15. The van der Waals surface area contributed by atoms with Crippen molar-refractivity contribution in [2.45, 2.75) is 0 Å². The molecule has 0 aliphatic carbocycles. The van der Waals surface area contributed by atoms with E-state index in [1.807, 2.05) is 6.07 Å². The molecular formula is C9H11NO2. The number of carbonyl (C=O) groups is 1. The first kappa shape index (κ1) is 10.4. The highest BCUT2D eigenvalue weighted by atomic mass is 16.4. The maximum Gasteiger partial charge on any atom is 0.335 e. The van der Waals surface area contributed by atoms with Gasteiger partial charge in [0, 0.05) is 0 Å². The van der Waals surface area contributed by atoms with Gasteiger partial charge in [-0.05, 0) is 5.56 Å². The Morgan fingerprint density at radius 3 is 2.17 bits per heavy atom. The van der Waals surface area contributed by atoms with Crippen LogP contribution < -0.4 is 6.15 Å². The number of hydrogen-bond acceptors (Lipinski definition) is 2. The van der Waals surface area contributed by atoms with Crippen LogP contribution in [0.15, 0.2) is 36.9 Å². The molecule has 0 atom stereocenters. The van der Waals surface area contributed by atoms with Crippen LogP contribution >= 0.6 is 0 Å². The Labute approximate surface area is 70.9 Å². The van der Waals surface area contributed by atoms with Gasteiger partial charge in [-0.25, -0.2) is 4.79 Å². The maximum atomic E-state index is 10.4. The van der Waals surface area contributed by atoms with E-state index in [0.717, 1.165) is 0 Å². The lowest BCUT2D eigenvalue weighted by Crippen LogP contribution is -1.96. The number of carboxylic acids is 1. The van der Waals surface area contributed by atoms with E-state index in [1.54, 1.807) is 24.3 Å². The summed E-state index contributed by atoms with van der Waals surface area (Å²) in [6, 6.07) is 8.83. The topological polar surface area (TPSA) is 72.3 Å². The van der Waals surface area contributed by atoms with Gasteiger partial charge in [0.15, 0.2) is 0 Å². The van der Waals surface area contributed by atoms with Crippen molar-refractivity contribution >= 4 is 11.5 Å². The molecule has 3 heteroatoms. The summed E-state index contributed by atoms with van der Waals surface area (Å²) >= 11 is 0. The Morgan fingerprint density at radius 2 is 1.75 bits per heavy atom. The first-order chi connectivity index (χ1) is 5.22. The summed E-state index contributed by atoms with van der Waals surface area (Å²) in [5, 5.41) is 8.54. The zero-order chi connectivity index (χ0) is 8.27. The molecular weight excluding hydrogens is 154 g/mol. The first-order valence-electron chi connectivity index (χ1n) is 3.19. The van der Waals surface area contributed by atoms with Crippen molar-refractivity contribution in [2.75, 3.05) is 0 Å². The third-order valence-corrected chi connectivity index (χ3v) is 1.38. The third-order valence-electron chi connectivity index (χ3n) is 1.38. The van der Waals surface area contributed by atoms with Crippen molar-refractivity contribution in [2.24, 2.45) is 0 Å². The fraction of sp³-hybridized carbons (Fsp3) is 0. The molecule has 0 spiro atoms. The number of hydrogen-bond donors (Lipinski definition) is 2. The summed E-state index contributed by atoms with van der Waals surface area (Å²) in [6.07, 6.45) is 0. The molecule has 0 aliphatic heterocycles. The Morgan fingerprint density at radius 1 is 1.25 bits per heavy atom. The minimum absolute atomic E-state index is 0. The van der Waals surface area contributed by atoms with Crippen LogP contribution in [0, 0.1) is 0 Å². The van der Waals surface area contributed by atoms with E-state index >= 15 is 0 Å². The van der Waals surface area contributed by atoms with E-state index in [0.29, 0.717) is 5.56 Å². The van der Waals surface area contributed by atoms with Crippen molar-refractivity contribution in [3.63, 3.8) is 0 Å². The highest BCUT2D eigenvalue weighted by molar-refractivity contribution is 6.14. The summed E-state index contributed by atoms with van der Waals surface area (Å²) in [6.45, 7) is 3.42. The van der Waals surface area contributed by atoms with Gasteiger partial charge in [-0.2, -0.15) is 0 Å². The van der Waals surface area contributed by atoms with E-state index in [1.165, 1.54) is 0 Å². The number of benzene rings is 1. The largest absolute Gasteiger partial charge is 0.478 e. The lowest BCUT2D eigenvalue weighted by Gasteiger charge is -1.97. The lowest BCUT2D eigenvalue weighted by atomic mass is 10.1. The molecule has 64 valence electrons. The van der Waals surface area contributed by atoms with E-state index < -0.39 is 5.97 Å². The minimum atomic E-state index is -0.976. The van der Waals surface area contributed by atoms with Gasteiger partial charge in [0.1, 0.15) is 0 Å². The molecule has 0 radical (unpaired) electrons. The van der Waals surface area contributed by atoms with Gasteiger partial charge in [-0.1, -0.05) is 36.9 Å². The molecule has 0 heterocycles. The average molecular weight is 165 g/mol. The Hall–Kier alpha value is -1.61. The predicted octanol–water partition coefficient (Wildman–Crippen LogP) is 1.95. The molecule has 0 aliphatic rings. The van der Waals surface area contributed by atoms with Gasteiger partial charge >= 0.3 is 5.97 Å². The smallest absolute Gasteiger partial charge is 0.335 e. The zero-order valence-corrected chi connectivity index (χ0v) is 6.66. The molecule has 0 amide bonds. The molecule has 0 bridgehead atoms. The molecule has 0 saturated heterocycles. The number of carboxylic acid groups (broad SMARTS) is 1. The minimum Gasteiger partial charge on any atom is -0.478 e. The number of aliphatic carboxylic acids is 1. The molecule has 0 saturated carbocycles. The molecule has 0 aromatic heterocycles. The highest BCUT2D eigenvalue weighted by Crippen LogP contribution is 2.10. The van der Waals surface area contributed by atoms with Crippen molar-refractivity contribution in [1.29, 1.82) is 0 Å². The predicted molar refractivity (Wildman–Crippen MR) is 48.1 cm³/mol. The van der Waals surface area contributed by atoms with Crippen LogP contribution in [0.4, 0.5) is 0 Å². The first-order valence-corrected chi connectivity index (χ1v) is 3.19. The fourth-order valence-corrected chi connectivity index (χ4v) is 0.763. The monoisotopic (exact) mass is 165 g/mol. The standard InChI is InChI=1S/C9H8O2.H3N/c1-7(9(10)11)8-5-3-2-4-6-8;/h2-6H,1H2,(H,10,11);1H3. The van der Waals surface area contributed by atoms with Gasteiger partial charge in [0.05, 0.1) is 5.57 Å². The second-order valence-electron chi connectivity index (χ2n) is 2.15. The van der Waals surface area contributed by atoms with E-state index in [4.69, 9.17) is 5.11 Å². The van der Waals surface area contributed by atoms with E-state index in [9.17, 15) is 4.79 Å². The van der Waals surface area contributed by atoms with Gasteiger partial charge in [-0.15, -0.1) is 0 Å². The summed E-state index contributed by atoms with van der Waals surface area (Å²) in [5.41, 5.74) is 0.783. The summed E-state index contributed by atoms with van der Waals surface area (Å²) in [7, 11) is 0. The zero-order valence-electron chi connectivity index (χ0n) is 6.66. The van der Waals surface area contributed by atoms with Crippen LogP contribution in [0.5, 0.6) is 0 Å². The fourth-order valence-electron chi connectivity index (χ4n) is 0.763. The third kappa shape index (κ3) is 2.21. The van der Waals surface area contributed by atoms with Crippen LogP contribution in [0.3, 0.4) is 0 Å². The molecule has 1 aromatic rings. The van der Waals surface area contributed by atoms with Gasteiger partial charge < -0.3 is 11.3 Å². The quantitative estimate of drug-likeness (QED) is 0.658. The summed E-state index contributed by atoms with van der Waals surface area (Å²) in [4.78, 5) is 10.4. The Bertz CT molecular complexity index is 280. The lowest BCUT2D eigenvalue weighted by molar-refractivity contribution is -0.130. The van der Waals surface area contributed by atoms with E-state index in [2.05, 4.69) is 6.58 Å². The molecule has 0 unspecified atom stereocenters. The average Bonchev–Trinajstić information content (AvgIpc) is 2.05. The molecule has 1 rings (SSSR count). The SMILES string of the molecule is C=C(C(=O)O)c1ccccc1.N. The highest BCUT2D eigenvalue weighted by Gasteiger charge is 2.04. The molecule has 1 aromatic carbocycles. The second kappa shape index (κ2) is 4.31. The molecule has 0 fully saturated rings. The normalized spacial score (nSPS) is 8.33. The maximum absolute atomic E-state index is 10.4.